The lowest BCUT2D eigenvalue weighted by atomic mass is 9.97. The van der Waals surface area contributed by atoms with Crippen molar-refractivity contribution in [3.05, 3.63) is 194 Å². The smallest absolute Gasteiger partial charge is 0.165 e. The molecule has 0 radical (unpaired) electrons. The van der Waals surface area contributed by atoms with E-state index < -0.39 is 0 Å². The highest BCUT2D eigenvalue weighted by Crippen LogP contribution is 2.44. The largest absolute Gasteiger partial charge is 0.456 e. The molecular weight excluding hydrogens is 733 g/mol. The highest BCUT2D eigenvalue weighted by molar-refractivity contribution is 6.24. The summed E-state index contributed by atoms with van der Waals surface area (Å²) in [7, 11) is 0. The zero-order chi connectivity index (χ0) is 39.3. The lowest BCUT2D eigenvalue weighted by Crippen LogP contribution is -2.01. The molecule has 13 rings (SSSR count). The fraction of sp³-hybridized carbons (Fsp3) is 0. The van der Waals surface area contributed by atoms with Crippen LogP contribution in [0.25, 0.3) is 127 Å². The lowest BCUT2D eigenvalue weighted by Gasteiger charge is -2.12. The van der Waals surface area contributed by atoms with E-state index in [1.54, 1.807) is 0 Å². The van der Waals surface area contributed by atoms with Crippen molar-refractivity contribution in [3.63, 3.8) is 0 Å². The molecular formula is C55H32N4O. The maximum absolute atomic E-state index is 6.92. The predicted octanol–water partition coefficient (Wildman–Crippen LogP) is 14.5. The average molecular weight is 765 g/mol. The Balaban J connectivity index is 1.08. The second-order valence-electron chi connectivity index (χ2n) is 15.6. The summed E-state index contributed by atoms with van der Waals surface area (Å²) in [4.78, 5) is 15.7. The van der Waals surface area contributed by atoms with Gasteiger partial charge in [0.15, 0.2) is 17.5 Å². The Kier molecular flexibility index (Phi) is 6.95. The molecule has 0 spiro atoms. The first-order valence-electron chi connectivity index (χ1n) is 20.3. The molecule has 5 nitrogen and oxygen atoms in total. The molecule has 5 heteroatoms. The Labute approximate surface area is 343 Å². The van der Waals surface area contributed by atoms with Gasteiger partial charge in [0.1, 0.15) is 11.2 Å². The average Bonchev–Trinajstić information content (AvgIpc) is 3.84. The molecule has 60 heavy (non-hydrogen) atoms. The zero-order valence-corrected chi connectivity index (χ0v) is 32.2. The number of hydrogen-bond acceptors (Lipinski definition) is 4. The Morgan fingerprint density at radius 2 is 0.967 bits per heavy atom. The van der Waals surface area contributed by atoms with Gasteiger partial charge in [-0.05, 0) is 85.6 Å². The molecule has 0 saturated heterocycles. The van der Waals surface area contributed by atoms with Gasteiger partial charge >= 0.3 is 0 Å². The van der Waals surface area contributed by atoms with Crippen LogP contribution in [0.5, 0.6) is 0 Å². The number of nitrogens with zero attached hydrogens (tertiary/aromatic N) is 4. The van der Waals surface area contributed by atoms with Crippen LogP contribution in [-0.4, -0.2) is 19.5 Å². The van der Waals surface area contributed by atoms with E-state index in [1.165, 1.54) is 37.7 Å². The van der Waals surface area contributed by atoms with E-state index >= 15 is 0 Å². The Morgan fingerprint density at radius 3 is 1.78 bits per heavy atom. The van der Waals surface area contributed by atoms with Crippen LogP contribution < -0.4 is 0 Å². The summed E-state index contributed by atoms with van der Waals surface area (Å²) < 4.78 is 9.31. The normalized spacial score (nSPS) is 12.0. The number of aromatic nitrogens is 4. The number of rotatable bonds is 4. The number of hydrogen-bond donors (Lipinski definition) is 0. The molecule has 0 amide bonds. The van der Waals surface area contributed by atoms with Crippen LogP contribution in [0.15, 0.2) is 199 Å². The molecule has 0 saturated carbocycles. The number of benzene rings is 10. The van der Waals surface area contributed by atoms with Gasteiger partial charge < -0.3 is 8.98 Å². The minimum atomic E-state index is 0.599. The topological polar surface area (TPSA) is 56.7 Å². The molecule has 3 heterocycles. The number of fused-ring (bicyclic) bond motifs is 11. The molecule has 0 fully saturated rings. The van der Waals surface area contributed by atoms with Crippen LogP contribution in [0.1, 0.15) is 0 Å². The van der Waals surface area contributed by atoms with E-state index in [0.717, 1.165) is 71.5 Å². The molecule has 13 aromatic rings. The van der Waals surface area contributed by atoms with Gasteiger partial charge in [0.05, 0.1) is 11.0 Å². The summed E-state index contributed by atoms with van der Waals surface area (Å²) in [5, 5.41) is 13.7. The summed E-state index contributed by atoms with van der Waals surface area (Å²) in [6.45, 7) is 0. The van der Waals surface area contributed by atoms with Gasteiger partial charge in [0.25, 0.3) is 0 Å². The van der Waals surface area contributed by atoms with E-state index in [-0.39, 0.29) is 0 Å². The van der Waals surface area contributed by atoms with E-state index in [2.05, 4.69) is 180 Å². The quantitative estimate of drug-likeness (QED) is 0.179. The third kappa shape index (κ3) is 4.96. The molecule has 278 valence electrons. The van der Waals surface area contributed by atoms with Crippen LogP contribution in [0.2, 0.25) is 0 Å². The SMILES string of the molecule is c1ccc(-c2nc(-c3ccc4ccccc4c3)nc(-c3c4ccccc4cc4oc5cc(-n6c7cc8ccccc8cc7c7c8ccccc8ccc76)ccc5c34)n2)cc1. The predicted molar refractivity (Wildman–Crippen MR) is 248 cm³/mol. The van der Waals surface area contributed by atoms with Gasteiger partial charge in [-0.3, -0.25) is 0 Å². The van der Waals surface area contributed by atoms with Crippen LogP contribution in [0.3, 0.4) is 0 Å². The minimum Gasteiger partial charge on any atom is -0.456 e. The summed E-state index contributed by atoms with van der Waals surface area (Å²) in [6.07, 6.45) is 0. The third-order valence-electron chi connectivity index (χ3n) is 12.1. The van der Waals surface area contributed by atoms with Gasteiger partial charge in [-0.15, -0.1) is 0 Å². The molecule has 10 aromatic carbocycles. The van der Waals surface area contributed by atoms with E-state index in [4.69, 9.17) is 19.4 Å². The van der Waals surface area contributed by atoms with Gasteiger partial charge in [-0.1, -0.05) is 146 Å². The first kappa shape index (κ1) is 32.9. The van der Waals surface area contributed by atoms with Crippen molar-refractivity contribution in [3.8, 4) is 39.9 Å². The van der Waals surface area contributed by atoms with E-state index in [0.29, 0.717) is 17.5 Å². The van der Waals surface area contributed by atoms with Crippen molar-refractivity contribution < 1.29 is 4.42 Å². The highest BCUT2D eigenvalue weighted by atomic mass is 16.3. The van der Waals surface area contributed by atoms with Crippen molar-refractivity contribution >= 4 is 86.8 Å². The summed E-state index contributed by atoms with van der Waals surface area (Å²) in [5.41, 5.74) is 7.69. The second-order valence-corrected chi connectivity index (χ2v) is 15.6. The Bertz CT molecular complexity index is 3900. The highest BCUT2D eigenvalue weighted by Gasteiger charge is 2.23. The Morgan fingerprint density at radius 1 is 0.333 bits per heavy atom. The lowest BCUT2D eigenvalue weighted by molar-refractivity contribution is 0.669. The van der Waals surface area contributed by atoms with Crippen LogP contribution >= 0.6 is 0 Å². The summed E-state index contributed by atoms with van der Waals surface area (Å²) in [6, 6.07) is 68.6. The van der Waals surface area contributed by atoms with Gasteiger partial charge in [0.2, 0.25) is 0 Å². The zero-order valence-electron chi connectivity index (χ0n) is 32.2. The van der Waals surface area contributed by atoms with E-state index in [1.807, 2.05) is 18.2 Å². The molecule has 0 N–H and O–H groups in total. The molecule has 0 bridgehead atoms. The van der Waals surface area contributed by atoms with Crippen molar-refractivity contribution in [2.75, 3.05) is 0 Å². The Hall–Kier alpha value is -8.15. The van der Waals surface area contributed by atoms with Gasteiger partial charge in [-0.25, -0.2) is 15.0 Å². The van der Waals surface area contributed by atoms with Crippen molar-refractivity contribution in [1.82, 2.24) is 19.5 Å². The molecule has 3 aromatic heterocycles. The fourth-order valence-electron chi connectivity index (χ4n) is 9.37. The van der Waals surface area contributed by atoms with Crippen LogP contribution in [0.4, 0.5) is 0 Å². The van der Waals surface area contributed by atoms with E-state index in [9.17, 15) is 0 Å². The summed E-state index contributed by atoms with van der Waals surface area (Å²) in [5.74, 6) is 1.83. The summed E-state index contributed by atoms with van der Waals surface area (Å²) >= 11 is 0. The third-order valence-corrected chi connectivity index (χ3v) is 12.1. The standard InChI is InChI=1S/C55H32N4O/c1-2-14-35(15-3-1)53-56-54(40-23-22-33-12-4-5-16-36(33)28-40)58-55(57-53)52-43-21-11-9-19-39(43)31-49-51(52)44-26-25-41(32-48(44)60-49)59-46-27-24-34-13-8-10-20-42(34)50(46)45-29-37-17-6-7-18-38(37)30-47(45)59/h1-32H. The monoisotopic (exact) mass is 764 g/mol. The van der Waals surface area contributed by atoms with Crippen molar-refractivity contribution in [1.29, 1.82) is 0 Å². The second kappa shape index (κ2) is 12.7. The van der Waals surface area contributed by atoms with Crippen molar-refractivity contribution in [2.45, 2.75) is 0 Å². The molecule has 0 aliphatic heterocycles. The maximum atomic E-state index is 6.92. The first-order valence-corrected chi connectivity index (χ1v) is 20.3. The molecule has 0 aliphatic rings. The number of furan rings is 1. The minimum absolute atomic E-state index is 0.599. The molecule has 0 unspecified atom stereocenters. The van der Waals surface area contributed by atoms with Crippen LogP contribution in [-0.2, 0) is 0 Å². The molecule has 0 aliphatic carbocycles. The first-order chi connectivity index (χ1) is 29.7. The maximum Gasteiger partial charge on any atom is 0.165 e. The molecule has 0 atom stereocenters. The van der Waals surface area contributed by atoms with Gasteiger partial charge in [0, 0.05) is 50.0 Å². The van der Waals surface area contributed by atoms with Gasteiger partial charge in [-0.2, -0.15) is 0 Å². The van der Waals surface area contributed by atoms with Crippen molar-refractivity contribution in [2.24, 2.45) is 0 Å². The fourth-order valence-corrected chi connectivity index (χ4v) is 9.37. The van der Waals surface area contributed by atoms with Crippen LogP contribution in [0, 0.1) is 0 Å².